The first-order chi connectivity index (χ1) is 11.0. The van der Waals surface area contributed by atoms with E-state index < -0.39 is 16.2 Å². The SMILES string of the molecule is CCO[Si](CCCNCCOP(=O)(CC)CC)(OCC)OCC. The van der Waals surface area contributed by atoms with Gasteiger partial charge in [-0.15, -0.1) is 0 Å². The van der Waals surface area contributed by atoms with Gasteiger partial charge in [0.05, 0.1) is 6.61 Å². The predicted octanol–water partition coefficient (Wildman–Crippen LogP) is 3.35. The highest BCUT2D eigenvalue weighted by atomic mass is 31.2. The molecule has 0 aliphatic rings. The molecule has 0 radical (unpaired) electrons. The van der Waals surface area contributed by atoms with Gasteiger partial charge < -0.3 is 23.1 Å². The van der Waals surface area contributed by atoms with E-state index in [1.165, 1.54) is 0 Å². The Hall–Kier alpha value is 0.247. The van der Waals surface area contributed by atoms with Crippen molar-refractivity contribution in [1.82, 2.24) is 5.32 Å². The Bertz CT molecular complexity index is 308. The second-order valence-corrected chi connectivity index (χ2v) is 11.0. The van der Waals surface area contributed by atoms with Crippen LogP contribution in [0.3, 0.4) is 0 Å². The summed E-state index contributed by atoms with van der Waals surface area (Å²) in [4.78, 5) is 0. The van der Waals surface area contributed by atoms with Crippen LogP contribution in [0.1, 0.15) is 41.0 Å². The first-order valence-corrected chi connectivity index (χ1v) is 12.8. The zero-order chi connectivity index (χ0) is 17.6. The fourth-order valence-electron chi connectivity index (χ4n) is 2.25. The number of hydrogen-bond acceptors (Lipinski definition) is 6. The zero-order valence-corrected chi connectivity index (χ0v) is 17.5. The molecular weight excluding hydrogens is 333 g/mol. The van der Waals surface area contributed by atoms with Crippen LogP contribution in [0, 0.1) is 0 Å². The Morgan fingerprint density at radius 1 is 0.870 bits per heavy atom. The monoisotopic (exact) mass is 369 g/mol. The number of hydrogen-bond donors (Lipinski definition) is 1. The summed E-state index contributed by atoms with van der Waals surface area (Å²) in [7, 11) is -4.90. The topological polar surface area (TPSA) is 66.0 Å². The lowest BCUT2D eigenvalue weighted by Crippen LogP contribution is -2.46. The quantitative estimate of drug-likeness (QED) is 0.256. The van der Waals surface area contributed by atoms with Crippen LogP contribution in [0.5, 0.6) is 0 Å². The van der Waals surface area contributed by atoms with Crippen molar-refractivity contribution in [2.45, 2.75) is 47.1 Å². The third-order valence-electron chi connectivity index (χ3n) is 3.50. The summed E-state index contributed by atoms with van der Waals surface area (Å²) in [6, 6.07) is 0.804. The van der Waals surface area contributed by atoms with E-state index in [-0.39, 0.29) is 0 Å². The predicted molar refractivity (Wildman–Crippen MR) is 97.6 cm³/mol. The highest BCUT2D eigenvalue weighted by Crippen LogP contribution is 2.45. The molecule has 0 spiro atoms. The summed E-state index contributed by atoms with van der Waals surface area (Å²) in [5.41, 5.74) is 0. The van der Waals surface area contributed by atoms with Crippen molar-refractivity contribution in [2.75, 3.05) is 51.8 Å². The Kier molecular flexibility index (Phi) is 13.7. The van der Waals surface area contributed by atoms with Gasteiger partial charge in [0.1, 0.15) is 0 Å². The molecule has 0 rings (SSSR count). The van der Waals surface area contributed by atoms with Crippen molar-refractivity contribution < 1.29 is 22.4 Å². The summed E-state index contributed by atoms with van der Waals surface area (Å²) < 4.78 is 35.1. The van der Waals surface area contributed by atoms with Gasteiger partial charge in [0.2, 0.25) is 7.37 Å². The van der Waals surface area contributed by atoms with Gasteiger partial charge in [-0.1, -0.05) is 13.8 Å². The molecule has 0 atom stereocenters. The van der Waals surface area contributed by atoms with Crippen LogP contribution >= 0.6 is 7.37 Å². The average Bonchev–Trinajstić information content (AvgIpc) is 2.54. The van der Waals surface area contributed by atoms with Crippen LogP contribution < -0.4 is 5.32 Å². The van der Waals surface area contributed by atoms with Gasteiger partial charge in [0.25, 0.3) is 0 Å². The summed E-state index contributed by atoms with van der Waals surface area (Å²) >= 11 is 0. The zero-order valence-electron chi connectivity index (χ0n) is 15.6. The van der Waals surface area contributed by atoms with Crippen molar-refractivity contribution in [3.05, 3.63) is 0 Å². The van der Waals surface area contributed by atoms with Crippen LogP contribution in [0.2, 0.25) is 6.04 Å². The van der Waals surface area contributed by atoms with Crippen LogP contribution in [-0.2, 0) is 22.4 Å². The molecule has 0 bridgehead atoms. The maximum absolute atomic E-state index is 12.1. The maximum atomic E-state index is 12.1. The molecule has 0 aromatic rings. The van der Waals surface area contributed by atoms with Crippen LogP contribution in [-0.4, -0.2) is 60.6 Å². The molecule has 0 aromatic heterocycles. The van der Waals surface area contributed by atoms with Gasteiger partial charge in [-0.2, -0.15) is 0 Å². The molecule has 23 heavy (non-hydrogen) atoms. The average molecular weight is 370 g/mol. The van der Waals surface area contributed by atoms with Crippen molar-refractivity contribution >= 4 is 16.2 Å². The molecule has 140 valence electrons. The highest BCUT2D eigenvalue weighted by molar-refractivity contribution is 7.58. The number of nitrogens with one attached hydrogen (secondary N) is 1. The van der Waals surface area contributed by atoms with E-state index in [9.17, 15) is 4.57 Å². The Labute approximate surface area is 143 Å². The molecule has 0 fully saturated rings. The minimum absolute atomic E-state index is 0.490. The van der Waals surface area contributed by atoms with Gasteiger partial charge in [-0.3, -0.25) is 4.57 Å². The molecule has 0 heterocycles. The van der Waals surface area contributed by atoms with E-state index in [4.69, 9.17) is 17.8 Å². The molecule has 0 aliphatic carbocycles. The fraction of sp³-hybridized carbons (Fsp3) is 1.00. The largest absolute Gasteiger partial charge is 0.500 e. The van der Waals surface area contributed by atoms with Crippen LogP contribution in [0.25, 0.3) is 0 Å². The summed E-state index contributed by atoms with van der Waals surface area (Å²) in [6.45, 7) is 13.6. The molecular formula is C15H36NO5PSi. The first-order valence-electron chi connectivity index (χ1n) is 8.86. The van der Waals surface area contributed by atoms with Crippen molar-refractivity contribution in [1.29, 1.82) is 0 Å². The Morgan fingerprint density at radius 3 is 1.83 bits per heavy atom. The third kappa shape index (κ3) is 9.97. The molecule has 0 unspecified atom stereocenters. The van der Waals surface area contributed by atoms with Crippen LogP contribution in [0.15, 0.2) is 0 Å². The van der Waals surface area contributed by atoms with E-state index in [1.807, 2.05) is 34.6 Å². The fourth-order valence-corrected chi connectivity index (χ4v) is 6.10. The second-order valence-electron chi connectivity index (χ2n) is 5.12. The molecule has 0 saturated carbocycles. The van der Waals surface area contributed by atoms with Gasteiger partial charge in [0.15, 0.2) is 0 Å². The second kappa shape index (κ2) is 13.5. The van der Waals surface area contributed by atoms with E-state index in [0.29, 0.717) is 45.3 Å². The molecule has 1 N–H and O–H groups in total. The summed E-state index contributed by atoms with van der Waals surface area (Å²) in [6.07, 6.45) is 2.13. The van der Waals surface area contributed by atoms with Crippen molar-refractivity contribution in [2.24, 2.45) is 0 Å². The van der Waals surface area contributed by atoms with Crippen molar-refractivity contribution in [3.63, 3.8) is 0 Å². The Balaban J connectivity index is 4.00. The van der Waals surface area contributed by atoms with E-state index >= 15 is 0 Å². The minimum atomic E-state index is -2.52. The first kappa shape index (κ1) is 23.2. The lowest BCUT2D eigenvalue weighted by Gasteiger charge is -2.28. The maximum Gasteiger partial charge on any atom is 0.500 e. The van der Waals surface area contributed by atoms with Gasteiger partial charge in [-0.05, 0) is 33.7 Å². The molecule has 0 aromatic carbocycles. The molecule has 8 heteroatoms. The lowest BCUT2D eigenvalue weighted by molar-refractivity contribution is 0.0708. The summed E-state index contributed by atoms with van der Waals surface area (Å²) in [5, 5.41) is 3.31. The minimum Gasteiger partial charge on any atom is -0.374 e. The molecule has 0 saturated heterocycles. The van der Waals surface area contributed by atoms with Gasteiger partial charge in [-0.25, -0.2) is 0 Å². The standard InChI is InChI=1S/C15H36NO5PSi/c1-6-19-23(20-7-2,21-8-3)15-11-12-16-13-14-18-22(17,9-4)10-5/h16H,6-15H2,1-5H3. The van der Waals surface area contributed by atoms with E-state index in [1.54, 1.807) is 0 Å². The van der Waals surface area contributed by atoms with Gasteiger partial charge in [0, 0.05) is 44.7 Å². The summed E-state index contributed by atoms with van der Waals surface area (Å²) in [5.74, 6) is 0. The van der Waals surface area contributed by atoms with Gasteiger partial charge >= 0.3 is 8.80 Å². The molecule has 0 aliphatic heterocycles. The Morgan fingerprint density at radius 2 is 1.39 bits per heavy atom. The molecule has 6 nitrogen and oxygen atoms in total. The lowest BCUT2D eigenvalue weighted by atomic mass is 10.5. The number of rotatable bonds is 16. The molecule has 0 amide bonds. The van der Waals surface area contributed by atoms with Crippen molar-refractivity contribution in [3.8, 4) is 0 Å². The smallest absolute Gasteiger partial charge is 0.374 e. The third-order valence-corrected chi connectivity index (χ3v) is 9.23. The van der Waals surface area contributed by atoms with Crippen LogP contribution in [0.4, 0.5) is 0 Å². The normalized spacial score (nSPS) is 12.7. The van der Waals surface area contributed by atoms with E-state index in [2.05, 4.69) is 5.32 Å². The van der Waals surface area contributed by atoms with E-state index in [0.717, 1.165) is 19.0 Å². The highest BCUT2D eigenvalue weighted by Gasteiger charge is 2.39.